The van der Waals surface area contributed by atoms with Crippen molar-refractivity contribution in [3.63, 3.8) is 0 Å². The van der Waals surface area contributed by atoms with Crippen LogP contribution in [-0.2, 0) is 28.8 Å². The third kappa shape index (κ3) is 18.8. The van der Waals surface area contributed by atoms with Gasteiger partial charge in [0, 0.05) is 92.1 Å². The van der Waals surface area contributed by atoms with Gasteiger partial charge in [0.15, 0.2) is 5.78 Å². The Labute approximate surface area is 670 Å². The van der Waals surface area contributed by atoms with E-state index in [-0.39, 0.29) is 84.2 Å². The first kappa shape index (κ1) is 81.8. The number of carboxylic acid groups (broad SMARTS) is 1. The zero-order chi connectivity index (χ0) is 83.1. The number of para-hydroxylation sites is 2. The number of rotatable bonds is 28. The van der Waals surface area contributed by atoms with Gasteiger partial charge in [-0.3, -0.25) is 97.5 Å². The number of nitrogens with zero attached hydrogens (tertiary/aromatic N) is 6. The number of hydrogen-bond donors (Lipinski definition) is 10. The molecule has 0 aliphatic carbocycles. The number of nitrogens with two attached hydrogens (primary N) is 3. The summed E-state index contributed by atoms with van der Waals surface area (Å²) in [4.78, 5) is 187. The molecule has 14 rings (SSSR count). The SMILES string of the molecule is CN(CC(=O)CCCCCNC(=O)c1ccc(-c2ccc3ncc(C(N)=O)c(Nc4ccccc4)c3c2)cc1)c1cccc2c1C(=O)N(C1CCC(=O)NC1=O)C2=O.CN(CC(=O)O)c1cccc2c1C(=O)N(C1CCC(=O)NC1=O)C2=O.NCCCCNC(=O)c1ccc(-c2ccc3ncc(C(N)=O)c(Nc4ccccc4)c3c2)cc1. The fourth-order valence-corrected chi connectivity index (χ4v) is 14.2. The number of fused-ring (bicyclic) bond motifs is 4. The molecule has 0 radical (unpaired) electrons. The zero-order valence-electron chi connectivity index (χ0n) is 63.8. The van der Waals surface area contributed by atoms with Crippen molar-refractivity contribution >= 4 is 139 Å². The van der Waals surface area contributed by atoms with Crippen LogP contribution in [0.2, 0.25) is 0 Å². The van der Waals surface area contributed by atoms with Gasteiger partial charge in [0.05, 0.1) is 73.7 Å². The van der Waals surface area contributed by atoms with Gasteiger partial charge in [-0.05, 0) is 164 Å². The molecule has 6 heterocycles. The first-order valence-corrected chi connectivity index (χ1v) is 37.8. The Balaban J connectivity index is 0.000000180. The molecule has 2 aromatic heterocycles. The van der Waals surface area contributed by atoms with E-state index in [2.05, 4.69) is 41.9 Å². The summed E-state index contributed by atoms with van der Waals surface area (Å²) in [5, 5.41) is 27.3. The predicted octanol–water partition coefficient (Wildman–Crippen LogP) is 8.96. The number of likely N-dealkylation sites (N-methyl/N-ethyl adjacent to an activating group) is 2. The number of imide groups is 4. The fourth-order valence-electron chi connectivity index (χ4n) is 14.2. The maximum Gasteiger partial charge on any atom is 0.323 e. The zero-order valence-corrected chi connectivity index (χ0v) is 63.8. The van der Waals surface area contributed by atoms with E-state index in [4.69, 9.17) is 22.3 Å². The number of unbranched alkanes of at least 4 members (excludes halogenated alkanes) is 3. The number of Topliss-reactive ketones (excluding diaryl/α,β-unsaturated/α-hetero) is 1. The van der Waals surface area contributed by atoms with E-state index in [1.54, 1.807) is 60.5 Å². The second kappa shape index (κ2) is 36.9. The van der Waals surface area contributed by atoms with Crippen LogP contribution in [0.25, 0.3) is 44.1 Å². The van der Waals surface area contributed by atoms with Gasteiger partial charge in [-0.2, -0.15) is 0 Å². The van der Waals surface area contributed by atoms with Crippen molar-refractivity contribution < 1.29 is 72.2 Å². The van der Waals surface area contributed by atoms with E-state index in [1.807, 2.05) is 121 Å². The first-order chi connectivity index (χ1) is 56.4. The Morgan fingerprint density at radius 1 is 0.479 bits per heavy atom. The molecule has 0 saturated carbocycles. The standard InChI is InChI=1S/C44H41N7O7.C27H27N5O2.C16H15N3O6/c1-50(35-13-8-12-31-38(35)44(58)51(43(31)57)36-20-21-37(53)49-42(36)56)25-30(52)11-6-3-7-22-46-41(55)27-16-14-26(15-17-27)28-18-19-34-32(23-28)39(33(24-47-34)40(45)54)48-29-9-4-2-5-10-29;28-14-4-5-15-30-27(34)19-10-8-18(9-11-19)20-12-13-24-22(16-20)25(23(17-31-24)26(29)33)32-21-6-2-1-3-7-21;1-18(7-12(21)22)9-4-2-3-8-13(9)16(25)19(15(8)24)10-5-6-11(20)17-14(10)23/h2,4-5,8-10,12-19,23-24,36H,3,6-7,11,20-22,25H2,1H3,(H2,45,54)(H,46,55)(H,47,48)(H,49,53,56);1-3,6-13,16-17H,4-5,14-15,28H2,(H2,29,33)(H,30,34)(H,31,32);2-4,10H,5-7H2,1H3,(H,21,22)(H,17,20,23). The molecule has 0 spiro atoms. The van der Waals surface area contributed by atoms with Gasteiger partial charge in [0.1, 0.15) is 18.6 Å². The molecule has 596 valence electrons. The second-order valence-corrected chi connectivity index (χ2v) is 28.2. The van der Waals surface area contributed by atoms with Crippen LogP contribution < -0.4 is 58.9 Å². The average Bonchev–Trinajstić information content (AvgIpc) is 1.62. The molecule has 2 unspecified atom stereocenters. The molecule has 13 N–H and O–H groups in total. The predicted molar refractivity (Wildman–Crippen MR) is 438 cm³/mol. The third-order valence-corrected chi connectivity index (χ3v) is 20.1. The number of amides is 12. The summed E-state index contributed by atoms with van der Waals surface area (Å²) in [5.74, 6) is -7.40. The van der Waals surface area contributed by atoms with E-state index >= 15 is 0 Å². The summed E-state index contributed by atoms with van der Waals surface area (Å²) in [5.41, 5.74) is 27.5. The summed E-state index contributed by atoms with van der Waals surface area (Å²) in [6.45, 7) is 1.32. The molecule has 4 aliphatic rings. The number of piperidine rings is 2. The number of hydrogen-bond acceptors (Lipinski definition) is 21. The van der Waals surface area contributed by atoms with Gasteiger partial charge in [-0.1, -0.05) is 91.3 Å². The molecule has 2 fully saturated rings. The van der Waals surface area contributed by atoms with Crippen molar-refractivity contribution in [3.8, 4) is 22.3 Å². The topological polar surface area (TPSA) is 448 Å². The van der Waals surface area contributed by atoms with Gasteiger partial charge in [0.25, 0.3) is 47.3 Å². The van der Waals surface area contributed by atoms with Gasteiger partial charge >= 0.3 is 5.97 Å². The maximum absolute atomic E-state index is 13.4. The third-order valence-electron chi connectivity index (χ3n) is 20.1. The van der Waals surface area contributed by atoms with Crippen molar-refractivity contribution in [2.24, 2.45) is 17.2 Å². The van der Waals surface area contributed by atoms with Crippen LogP contribution in [-0.4, -0.2) is 166 Å². The number of anilines is 6. The van der Waals surface area contributed by atoms with E-state index in [0.29, 0.717) is 90.3 Å². The summed E-state index contributed by atoms with van der Waals surface area (Å²) in [6.07, 6.45) is 7.17. The lowest BCUT2D eigenvalue weighted by Crippen LogP contribution is -2.54. The Morgan fingerprint density at radius 3 is 1.29 bits per heavy atom. The van der Waals surface area contributed by atoms with Crippen LogP contribution in [0.4, 0.5) is 34.1 Å². The number of benzene rings is 8. The summed E-state index contributed by atoms with van der Waals surface area (Å²) in [7, 11) is 3.17. The Kier molecular flexibility index (Phi) is 25.8. The monoisotopic (exact) mass is 1580 g/mol. The molecule has 10 aromatic rings. The van der Waals surface area contributed by atoms with Gasteiger partial charge < -0.3 is 53.4 Å². The highest BCUT2D eigenvalue weighted by molar-refractivity contribution is 6.27. The molecule has 2 atom stereocenters. The molecule has 117 heavy (non-hydrogen) atoms. The van der Waals surface area contributed by atoms with Gasteiger partial charge in [-0.15, -0.1) is 0 Å². The summed E-state index contributed by atoms with van der Waals surface area (Å²) in [6, 6.07) is 52.5. The lowest BCUT2D eigenvalue weighted by Gasteiger charge is -2.28. The van der Waals surface area contributed by atoms with Gasteiger partial charge in [-0.25, -0.2) is 0 Å². The number of pyridine rings is 2. The lowest BCUT2D eigenvalue weighted by molar-refractivity contribution is -0.137. The molecule has 12 amide bonds. The van der Waals surface area contributed by atoms with Crippen molar-refractivity contribution in [1.82, 2.24) is 41.0 Å². The first-order valence-electron chi connectivity index (χ1n) is 37.8. The molecular formula is C87H83N15O15. The van der Waals surface area contributed by atoms with E-state index in [1.165, 1.54) is 36.5 Å². The average molecular weight is 1580 g/mol. The van der Waals surface area contributed by atoms with Crippen LogP contribution in [0, 0.1) is 0 Å². The summed E-state index contributed by atoms with van der Waals surface area (Å²) < 4.78 is 0. The number of carboxylic acids is 1. The van der Waals surface area contributed by atoms with Crippen molar-refractivity contribution in [2.45, 2.75) is 76.3 Å². The summed E-state index contributed by atoms with van der Waals surface area (Å²) >= 11 is 0. The highest BCUT2D eigenvalue weighted by atomic mass is 16.4. The van der Waals surface area contributed by atoms with E-state index in [9.17, 15) is 67.1 Å². The molecule has 30 nitrogen and oxygen atoms in total. The van der Waals surface area contributed by atoms with E-state index < -0.39 is 77.1 Å². The molecule has 8 aromatic carbocycles. The van der Waals surface area contributed by atoms with Crippen molar-refractivity contribution in [2.75, 3.05) is 67.3 Å². The molecule has 0 bridgehead atoms. The minimum atomic E-state index is -1.08. The van der Waals surface area contributed by atoms with Crippen LogP contribution in [0.3, 0.4) is 0 Å². The number of aromatic nitrogens is 2. The highest BCUT2D eigenvalue weighted by Crippen LogP contribution is 2.39. The lowest BCUT2D eigenvalue weighted by atomic mass is 9.99. The number of primary amides is 2. The molecule has 30 heteroatoms. The smallest absolute Gasteiger partial charge is 0.323 e. The van der Waals surface area contributed by atoms with Crippen LogP contribution in [0.1, 0.15) is 147 Å². The molecular weight excluding hydrogens is 1500 g/mol. The Hall–Kier alpha value is -14.7. The van der Waals surface area contributed by atoms with Crippen molar-refractivity contribution in [1.29, 1.82) is 0 Å². The van der Waals surface area contributed by atoms with Crippen molar-refractivity contribution in [3.05, 3.63) is 239 Å². The normalized spacial score (nSPS) is 14.7. The molecule has 4 aliphatic heterocycles. The van der Waals surface area contributed by atoms with Crippen LogP contribution in [0.5, 0.6) is 0 Å². The Bertz CT molecular complexity index is 5610. The highest BCUT2D eigenvalue weighted by Gasteiger charge is 2.48. The number of carbonyl (C=O) groups excluding carboxylic acids is 13. The minimum absolute atomic E-state index is 0.0132. The van der Waals surface area contributed by atoms with Crippen LogP contribution >= 0.6 is 0 Å². The minimum Gasteiger partial charge on any atom is -0.480 e. The van der Waals surface area contributed by atoms with E-state index in [0.717, 1.165) is 72.6 Å². The maximum atomic E-state index is 13.4. The number of ketones is 1. The second-order valence-electron chi connectivity index (χ2n) is 28.2. The van der Waals surface area contributed by atoms with Crippen LogP contribution in [0.15, 0.2) is 194 Å². The molecule has 2 saturated heterocycles. The fraction of sp³-hybridized carbons (Fsp3) is 0.218. The number of carbonyl (C=O) groups is 14. The Morgan fingerprint density at radius 2 is 0.889 bits per heavy atom. The largest absolute Gasteiger partial charge is 0.480 e. The van der Waals surface area contributed by atoms with Gasteiger partial charge in [0.2, 0.25) is 23.6 Å². The number of nitrogens with one attached hydrogen (secondary N) is 6. The number of aliphatic carboxylic acids is 1. The quantitative estimate of drug-likeness (QED) is 0.0161.